The van der Waals surface area contributed by atoms with Crippen LogP contribution in [0.1, 0.15) is 13.3 Å². The van der Waals surface area contributed by atoms with Crippen LogP contribution in [0.3, 0.4) is 0 Å². The predicted molar refractivity (Wildman–Crippen MR) is 79.8 cm³/mol. The van der Waals surface area contributed by atoms with E-state index in [2.05, 4.69) is 67.4 Å². The van der Waals surface area contributed by atoms with E-state index < -0.39 is 0 Å². The van der Waals surface area contributed by atoms with E-state index in [0.717, 1.165) is 13.0 Å². The molecule has 1 N–H and O–H groups in total. The van der Waals surface area contributed by atoms with Gasteiger partial charge >= 0.3 is 0 Å². The van der Waals surface area contributed by atoms with E-state index in [4.69, 9.17) is 0 Å². The molecule has 0 aliphatic rings. The van der Waals surface area contributed by atoms with Crippen molar-refractivity contribution in [3.63, 3.8) is 0 Å². The predicted octanol–water partition coefficient (Wildman–Crippen LogP) is 4.73. The van der Waals surface area contributed by atoms with Crippen molar-refractivity contribution in [2.45, 2.75) is 13.3 Å². The van der Waals surface area contributed by atoms with Gasteiger partial charge in [-0.2, -0.15) is 0 Å². The fourth-order valence-electron chi connectivity index (χ4n) is 1.92. The summed E-state index contributed by atoms with van der Waals surface area (Å²) in [5.74, 6) is 0. The summed E-state index contributed by atoms with van der Waals surface area (Å²) in [6.45, 7) is 6.92. The lowest BCUT2D eigenvalue weighted by molar-refractivity contribution is 1.00. The number of benzene rings is 2. The summed E-state index contributed by atoms with van der Waals surface area (Å²) in [4.78, 5) is 0. The maximum atomic E-state index is 3.93. The van der Waals surface area contributed by atoms with Crippen LogP contribution >= 0.6 is 0 Å². The fourth-order valence-corrected chi connectivity index (χ4v) is 1.92. The van der Waals surface area contributed by atoms with E-state index in [1.54, 1.807) is 0 Å². The first-order chi connectivity index (χ1) is 8.77. The summed E-state index contributed by atoms with van der Waals surface area (Å²) >= 11 is 0. The smallest absolute Gasteiger partial charge is 0.0419 e. The Bertz CT molecular complexity index is 514. The zero-order chi connectivity index (χ0) is 12.8. The van der Waals surface area contributed by atoms with Gasteiger partial charge in [-0.25, -0.2) is 0 Å². The molecule has 0 spiro atoms. The molecule has 92 valence electrons. The quantitative estimate of drug-likeness (QED) is 0.741. The Morgan fingerprint density at radius 2 is 1.67 bits per heavy atom. The second kappa shape index (κ2) is 6.06. The average Bonchev–Trinajstić information content (AvgIpc) is 2.40. The molecule has 0 saturated carbocycles. The topological polar surface area (TPSA) is 12.0 Å². The Hall–Kier alpha value is -2.02. The van der Waals surface area contributed by atoms with E-state index >= 15 is 0 Å². The second-order valence-electron chi connectivity index (χ2n) is 4.55. The summed E-state index contributed by atoms with van der Waals surface area (Å²) in [6, 6.07) is 18.9. The molecule has 0 amide bonds. The zero-order valence-corrected chi connectivity index (χ0v) is 10.8. The third kappa shape index (κ3) is 3.24. The van der Waals surface area contributed by atoms with Crippen molar-refractivity contribution in [2.24, 2.45) is 0 Å². The Morgan fingerprint density at radius 3 is 2.39 bits per heavy atom. The maximum Gasteiger partial charge on any atom is 0.0419 e. The molecule has 0 aliphatic heterocycles. The standard InChI is InChI=1S/C17H19N/c1-14(2)12-13-18-17-11-7-6-10-16(17)15-8-4-3-5-9-15/h3-11,18H,1,12-13H2,2H3. The molecule has 0 atom stereocenters. The Balaban J connectivity index is 2.18. The summed E-state index contributed by atoms with van der Waals surface area (Å²) in [5.41, 5.74) is 4.89. The van der Waals surface area contributed by atoms with Crippen LogP contribution in [-0.2, 0) is 0 Å². The van der Waals surface area contributed by atoms with Gasteiger partial charge in [0.15, 0.2) is 0 Å². The number of hydrogen-bond donors (Lipinski definition) is 1. The summed E-state index contributed by atoms with van der Waals surface area (Å²) < 4.78 is 0. The van der Waals surface area contributed by atoms with Gasteiger partial charge in [-0.3, -0.25) is 0 Å². The van der Waals surface area contributed by atoms with Crippen molar-refractivity contribution in [1.29, 1.82) is 0 Å². The number of rotatable bonds is 5. The minimum absolute atomic E-state index is 0.930. The Morgan fingerprint density at radius 1 is 1.00 bits per heavy atom. The van der Waals surface area contributed by atoms with Gasteiger partial charge in [-0.15, -0.1) is 6.58 Å². The average molecular weight is 237 g/mol. The van der Waals surface area contributed by atoms with Crippen molar-refractivity contribution in [1.82, 2.24) is 0 Å². The Labute approximate surface area is 109 Å². The van der Waals surface area contributed by atoms with Crippen molar-refractivity contribution in [3.8, 4) is 11.1 Å². The monoisotopic (exact) mass is 237 g/mol. The van der Waals surface area contributed by atoms with Crippen LogP contribution in [0.15, 0.2) is 66.7 Å². The lowest BCUT2D eigenvalue weighted by atomic mass is 10.0. The van der Waals surface area contributed by atoms with Gasteiger partial charge in [0.05, 0.1) is 0 Å². The summed E-state index contributed by atoms with van der Waals surface area (Å²) in [7, 11) is 0. The molecule has 0 radical (unpaired) electrons. The molecule has 0 heterocycles. The van der Waals surface area contributed by atoms with Gasteiger partial charge in [0.25, 0.3) is 0 Å². The first-order valence-corrected chi connectivity index (χ1v) is 6.30. The molecule has 0 unspecified atom stereocenters. The molecule has 0 bridgehead atoms. The van der Waals surface area contributed by atoms with Gasteiger partial charge in [0, 0.05) is 17.8 Å². The highest BCUT2D eigenvalue weighted by atomic mass is 14.9. The van der Waals surface area contributed by atoms with Gasteiger partial charge in [-0.1, -0.05) is 54.1 Å². The normalized spacial score (nSPS) is 10.1. The number of anilines is 1. The molecule has 0 aliphatic carbocycles. The van der Waals surface area contributed by atoms with Crippen LogP contribution < -0.4 is 5.32 Å². The van der Waals surface area contributed by atoms with Gasteiger partial charge in [-0.05, 0) is 25.0 Å². The third-order valence-electron chi connectivity index (χ3n) is 2.88. The minimum Gasteiger partial charge on any atom is -0.384 e. The highest BCUT2D eigenvalue weighted by Gasteiger charge is 2.02. The van der Waals surface area contributed by atoms with Gasteiger partial charge < -0.3 is 5.32 Å². The van der Waals surface area contributed by atoms with Crippen LogP contribution in [-0.4, -0.2) is 6.54 Å². The molecular formula is C17H19N. The van der Waals surface area contributed by atoms with Crippen LogP contribution in [0, 0.1) is 0 Å². The highest BCUT2D eigenvalue weighted by Crippen LogP contribution is 2.27. The molecule has 1 heteroatoms. The van der Waals surface area contributed by atoms with E-state index in [1.807, 2.05) is 6.07 Å². The Kier molecular flexibility index (Phi) is 4.19. The molecule has 0 saturated heterocycles. The molecule has 0 aromatic heterocycles. The zero-order valence-electron chi connectivity index (χ0n) is 10.8. The minimum atomic E-state index is 0.930. The third-order valence-corrected chi connectivity index (χ3v) is 2.88. The number of para-hydroxylation sites is 1. The highest BCUT2D eigenvalue weighted by molar-refractivity contribution is 5.77. The van der Waals surface area contributed by atoms with Crippen molar-refractivity contribution >= 4 is 5.69 Å². The summed E-state index contributed by atoms with van der Waals surface area (Å²) in [5, 5.41) is 3.48. The lowest BCUT2D eigenvalue weighted by Gasteiger charge is -2.12. The fraction of sp³-hybridized carbons (Fsp3) is 0.176. The maximum absolute atomic E-state index is 3.93. The summed E-state index contributed by atoms with van der Waals surface area (Å²) in [6.07, 6.45) is 1.00. The largest absolute Gasteiger partial charge is 0.384 e. The van der Waals surface area contributed by atoms with Crippen LogP contribution in [0.4, 0.5) is 5.69 Å². The van der Waals surface area contributed by atoms with E-state index in [-0.39, 0.29) is 0 Å². The van der Waals surface area contributed by atoms with Gasteiger partial charge in [0.2, 0.25) is 0 Å². The molecule has 1 nitrogen and oxygen atoms in total. The molecule has 2 rings (SSSR count). The molecule has 2 aromatic rings. The first-order valence-electron chi connectivity index (χ1n) is 6.30. The molecule has 0 fully saturated rings. The van der Waals surface area contributed by atoms with Crippen LogP contribution in [0.5, 0.6) is 0 Å². The van der Waals surface area contributed by atoms with Gasteiger partial charge in [0.1, 0.15) is 0 Å². The lowest BCUT2D eigenvalue weighted by Crippen LogP contribution is -2.02. The van der Waals surface area contributed by atoms with E-state index in [9.17, 15) is 0 Å². The SMILES string of the molecule is C=C(C)CCNc1ccccc1-c1ccccc1. The second-order valence-corrected chi connectivity index (χ2v) is 4.55. The molecular weight excluding hydrogens is 218 g/mol. The van der Waals surface area contributed by atoms with E-state index in [1.165, 1.54) is 22.4 Å². The van der Waals surface area contributed by atoms with Crippen molar-refractivity contribution in [3.05, 3.63) is 66.7 Å². The first kappa shape index (κ1) is 12.4. The molecule has 2 aromatic carbocycles. The number of nitrogens with one attached hydrogen (secondary N) is 1. The van der Waals surface area contributed by atoms with Crippen molar-refractivity contribution in [2.75, 3.05) is 11.9 Å². The van der Waals surface area contributed by atoms with Crippen LogP contribution in [0.25, 0.3) is 11.1 Å². The van der Waals surface area contributed by atoms with E-state index in [0.29, 0.717) is 0 Å². The molecule has 18 heavy (non-hydrogen) atoms. The van der Waals surface area contributed by atoms with Crippen LogP contribution in [0.2, 0.25) is 0 Å². The number of hydrogen-bond acceptors (Lipinski definition) is 1. The van der Waals surface area contributed by atoms with Crippen molar-refractivity contribution < 1.29 is 0 Å².